The Balaban J connectivity index is 3.34. The lowest BCUT2D eigenvalue weighted by molar-refractivity contribution is 0.256. The predicted molar refractivity (Wildman–Crippen MR) is 31.1 cm³/mol. The van der Waals surface area contributed by atoms with Gasteiger partial charge in [0.1, 0.15) is 0 Å². The Kier molecular flexibility index (Phi) is 2.68. The van der Waals surface area contributed by atoms with Crippen molar-refractivity contribution in [3.05, 3.63) is 12.2 Å². The van der Waals surface area contributed by atoms with Gasteiger partial charge in [-0.3, -0.25) is 0 Å². The van der Waals surface area contributed by atoms with Gasteiger partial charge in [0.15, 0.2) is 0 Å². The van der Waals surface area contributed by atoms with Crippen LogP contribution >= 0.6 is 0 Å². The van der Waals surface area contributed by atoms with Crippen LogP contribution in [0.15, 0.2) is 12.2 Å². The van der Waals surface area contributed by atoms with Crippen LogP contribution in [0.3, 0.4) is 0 Å². The molecular weight excluding hydrogens is 88.1 g/mol. The van der Waals surface area contributed by atoms with E-state index >= 15 is 0 Å². The molecule has 0 unspecified atom stereocenters. The molecule has 1 N–H and O–H groups in total. The van der Waals surface area contributed by atoms with Crippen molar-refractivity contribution >= 4 is 0 Å². The van der Waals surface area contributed by atoms with E-state index in [1.54, 1.807) is 0 Å². The molecule has 0 aliphatic rings. The van der Waals surface area contributed by atoms with E-state index in [9.17, 15) is 0 Å². The van der Waals surface area contributed by atoms with Gasteiger partial charge in [-0.25, -0.2) is 0 Å². The standard InChI is InChI=1S/C6H12O/c1-5(2)6(3)4-7/h6-7H,1,4H2,2-3H3/t6-/m1/s1. The third-order valence-electron chi connectivity index (χ3n) is 1.12. The van der Waals surface area contributed by atoms with E-state index in [1.165, 1.54) is 0 Å². The summed E-state index contributed by atoms with van der Waals surface area (Å²) in [5, 5.41) is 8.44. The Morgan fingerprint density at radius 1 is 1.86 bits per heavy atom. The average Bonchev–Trinajstić information content (AvgIpc) is 1.65. The fourth-order valence-electron chi connectivity index (χ4n) is 0.156. The summed E-state index contributed by atoms with van der Waals surface area (Å²) < 4.78 is 0. The summed E-state index contributed by atoms with van der Waals surface area (Å²) in [5.74, 6) is 0.264. The molecule has 0 heterocycles. The Morgan fingerprint density at radius 2 is 2.29 bits per heavy atom. The maximum absolute atomic E-state index is 8.44. The van der Waals surface area contributed by atoms with Crippen LogP contribution < -0.4 is 0 Å². The second kappa shape index (κ2) is 2.80. The molecule has 0 aromatic rings. The fraction of sp³-hybridized carbons (Fsp3) is 0.667. The van der Waals surface area contributed by atoms with Gasteiger partial charge >= 0.3 is 0 Å². The maximum Gasteiger partial charge on any atom is 0.0493 e. The highest BCUT2D eigenvalue weighted by molar-refractivity contribution is 4.93. The van der Waals surface area contributed by atoms with Crippen molar-refractivity contribution in [1.82, 2.24) is 0 Å². The highest BCUT2D eigenvalue weighted by Crippen LogP contribution is 2.03. The van der Waals surface area contributed by atoms with Crippen LogP contribution in [0.4, 0.5) is 0 Å². The van der Waals surface area contributed by atoms with Crippen molar-refractivity contribution in [2.24, 2.45) is 5.92 Å². The topological polar surface area (TPSA) is 20.2 Å². The quantitative estimate of drug-likeness (QED) is 0.517. The summed E-state index contributed by atoms with van der Waals surface area (Å²) in [6.45, 7) is 7.75. The number of aliphatic hydroxyl groups is 1. The summed E-state index contributed by atoms with van der Waals surface area (Å²) in [7, 11) is 0. The molecule has 1 nitrogen and oxygen atoms in total. The van der Waals surface area contributed by atoms with Gasteiger partial charge in [0.2, 0.25) is 0 Å². The highest BCUT2D eigenvalue weighted by Gasteiger charge is 1.96. The first-order valence-corrected chi connectivity index (χ1v) is 2.44. The molecule has 42 valence electrons. The summed E-state index contributed by atoms with van der Waals surface area (Å²) in [5.41, 5.74) is 1.04. The summed E-state index contributed by atoms with van der Waals surface area (Å²) >= 11 is 0. The monoisotopic (exact) mass is 100 g/mol. The van der Waals surface area contributed by atoms with Crippen LogP contribution in [0, 0.1) is 5.92 Å². The Labute approximate surface area is 44.7 Å². The molecule has 0 aliphatic heterocycles. The van der Waals surface area contributed by atoms with E-state index in [2.05, 4.69) is 6.58 Å². The van der Waals surface area contributed by atoms with E-state index in [4.69, 9.17) is 5.11 Å². The van der Waals surface area contributed by atoms with Crippen LogP contribution in [-0.2, 0) is 0 Å². The zero-order chi connectivity index (χ0) is 5.86. The van der Waals surface area contributed by atoms with Gasteiger partial charge < -0.3 is 5.11 Å². The van der Waals surface area contributed by atoms with E-state index in [1.807, 2.05) is 13.8 Å². The second-order valence-corrected chi connectivity index (χ2v) is 1.93. The molecule has 0 radical (unpaired) electrons. The molecule has 0 aromatic carbocycles. The molecule has 0 saturated heterocycles. The van der Waals surface area contributed by atoms with Crippen molar-refractivity contribution in [3.63, 3.8) is 0 Å². The molecule has 1 heteroatoms. The second-order valence-electron chi connectivity index (χ2n) is 1.93. The molecule has 0 spiro atoms. The Bertz CT molecular complexity index is 66.6. The Morgan fingerprint density at radius 3 is 2.29 bits per heavy atom. The zero-order valence-corrected chi connectivity index (χ0v) is 4.94. The normalized spacial score (nSPS) is 13.6. The number of hydrogen-bond acceptors (Lipinski definition) is 1. The third kappa shape index (κ3) is 2.40. The summed E-state index contributed by atoms with van der Waals surface area (Å²) in [4.78, 5) is 0. The van der Waals surface area contributed by atoms with E-state index < -0.39 is 0 Å². The van der Waals surface area contributed by atoms with Crippen molar-refractivity contribution in [2.75, 3.05) is 6.61 Å². The molecule has 1 atom stereocenters. The van der Waals surface area contributed by atoms with Gasteiger partial charge in [-0.15, -0.1) is 0 Å². The van der Waals surface area contributed by atoms with Crippen LogP contribution in [0.5, 0.6) is 0 Å². The minimum absolute atomic E-state index is 0.218. The molecule has 0 saturated carbocycles. The first kappa shape index (κ1) is 6.70. The number of hydrogen-bond donors (Lipinski definition) is 1. The van der Waals surface area contributed by atoms with Crippen LogP contribution in [0.2, 0.25) is 0 Å². The SMILES string of the molecule is C=C(C)[C@H](C)CO. The van der Waals surface area contributed by atoms with Gasteiger partial charge in [-0.05, 0) is 12.8 Å². The van der Waals surface area contributed by atoms with Crippen molar-refractivity contribution in [1.29, 1.82) is 0 Å². The van der Waals surface area contributed by atoms with Crippen LogP contribution in [0.1, 0.15) is 13.8 Å². The lowest BCUT2D eigenvalue weighted by atomic mass is 10.1. The number of rotatable bonds is 2. The largest absolute Gasteiger partial charge is 0.396 e. The summed E-state index contributed by atoms with van der Waals surface area (Å²) in [6, 6.07) is 0. The highest BCUT2D eigenvalue weighted by atomic mass is 16.3. The minimum atomic E-state index is 0.218. The third-order valence-corrected chi connectivity index (χ3v) is 1.12. The first-order chi connectivity index (χ1) is 3.18. The average molecular weight is 100 g/mol. The zero-order valence-electron chi connectivity index (χ0n) is 4.94. The maximum atomic E-state index is 8.44. The smallest absolute Gasteiger partial charge is 0.0493 e. The van der Waals surface area contributed by atoms with Gasteiger partial charge in [-0.2, -0.15) is 0 Å². The molecule has 0 aromatic heterocycles. The molecule has 0 aliphatic carbocycles. The first-order valence-electron chi connectivity index (χ1n) is 2.44. The number of aliphatic hydroxyl groups excluding tert-OH is 1. The summed E-state index contributed by atoms with van der Waals surface area (Å²) in [6.07, 6.45) is 0. The van der Waals surface area contributed by atoms with Gasteiger partial charge in [0, 0.05) is 6.61 Å². The van der Waals surface area contributed by atoms with Crippen molar-refractivity contribution in [3.8, 4) is 0 Å². The van der Waals surface area contributed by atoms with E-state index in [0.29, 0.717) is 0 Å². The van der Waals surface area contributed by atoms with Crippen LogP contribution in [0.25, 0.3) is 0 Å². The Hall–Kier alpha value is -0.300. The van der Waals surface area contributed by atoms with E-state index in [0.717, 1.165) is 5.57 Å². The van der Waals surface area contributed by atoms with Gasteiger partial charge in [-0.1, -0.05) is 19.1 Å². The van der Waals surface area contributed by atoms with Crippen LogP contribution in [-0.4, -0.2) is 11.7 Å². The molecule has 0 amide bonds. The lowest BCUT2D eigenvalue weighted by Crippen LogP contribution is -1.99. The predicted octanol–water partition coefficient (Wildman–Crippen LogP) is 1.19. The molecular formula is C6H12O. The van der Waals surface area contributed by atoms with Gasteiger partial charge in [0.25, 0.3) is 0 Å². The molecule has 0 bridgehead atoms. The molecule has 7 heavy (non-hydrogen) atoms. The fourth-order valence-corrected chi connectivity index (χ4v) is 0.156. The minimum Gasteiger partial charge on any atom is -0.396 e. The molecule has 0 rings (SSSR count). The molecule has 0 fully saturated rings. The van der Waals surface area contributed by atoms with Crippen molar-refractivity contribution < 1.29 is 5.11 Å². The van der Waals surface area contributed by atoms with Crippen molar-refractivity contribution in [2.45, 2.75) is 13.8 Å². The van der Waals surface area contributed by atoms with Gasteiger partial charge in [0.05, 0.1) is 0 Å². The van der Waals surface area contributed by atoms with E-state index in [-0.39, 0.29) is 12.5 Å². The lowest BCUT2D eigenvalue weighted by Gasteiger charge is -2.03.